The number of hydrogen-bond acceptors (Lipinski definition) is 3. The zero-order valence-corrected chi connectivity index (χ0v) is 12.3. The molecule has 0 radical (unpaired) electrons. The predicted octanol–water partition coefficient (Wildman–Crippen LogP) is 2.61. The lowest BCUT2D eigenvalue weighted by Gasteiger charge is -2.13. The Morgan fingerprint density at radius 3 is 2.67 bits per heavy atom. The largest absolute Gasteiger partial charge is 0.361 e. The van der Waals surface area contributed by atoms with Crippen molar-refractivity contribution in [2.45, 2.75) is 25.7 Å². The van der Waals surface area contributed by atoms with Crippen LogP contribution in [-0.2, 0) is 10.3 Å². The Hall–Kier alpha value is -2.30. The molecule has 1 aliphatic rings. The number of nitrogens with zero attached hydrogens (tertiary/aromatic N) is 3. The Labute approximate surface area is 124 Å². The van der Waals surface area contributed by atoms with Gasteiger partial charge in [0, 0.05) is 23.6 Å². The van der Waals surface area contributed by atoms with Crippen LogP contribution < -0.4 is 0 Å². The molecular weight excluding hydrogens is 286 g/mol. The first-order valence-electron chi connectivity index (χ1n) is 6.65. The average Bonchev–Trinajstić information content (AvgIpc) is 2.49. The van der Waals surface area contributed by atoms with Crippen molar-refractivity contribution in [1.29, 1.82) is 0 Å². The third kappa shape index (κ3) is 4.63. The smallest absolute Gasteiger partial charge is 0.292 e. The maximum absolute atomic E-state index is 10.6. The van der Waals surface area contributed by atoms with Gasteiger partial charge in [0.05, 0.1) is 12.1 Å². The molecule has 0 bridgehead atoms. The number of rotatable bonds is 4. The van der Waals surface area contributed by atoms with E-state index in [4.69, 9.17) is 5.53 Å². The Kier molecular flexibility index (Phi) is 5.37. The summed E-state index contributed by atoms with van der Waals surface area (Å²) in [6, 6.07) is 9.59. The molecule has 1 aromatic carbocycles. The van der Waals surface area contributed by atoms with Crippen molar-refractivity contribution in [3.8, 4) is 0 Å². The van der Waals surface area contributed by atoms with Crippen molar-refractivity contribution < 1.29 is 13.2 Å². The second-order valence-electron chi connectivity index (χ2n) is 4.62. The minimum absolute atomic E-state index is 0.411. The number of hydrogen-bond donors (Lipinski definition) is 0. The first-order chi connectivity index (χ1) is 10.2. The van der Waals surface area contributed by atoms with Gasteiger partial charge in [0.15, 0.2) is 0 Å². The van der Waals surface area contributed by atoms with Gasteiger partial charge in [-0.05, 0) is 30.5 Å². The maximum Gasteiger partial charge on any atom is 0.292 e. The van der Waals surface area contributed by atoms with Crippen molar-refractivity contribution in [1.82, 2.24) is 0 Å². The van der Waals surface area contributed by atoms with Crippen LogP contribution in [0.4, 0.5) is 5.69 Å². The van der Waals surface area contributed by atoms with Crippen LogP contribution in [0.2, 0.25) is 0 Å². The van der Waals surface area contributed by atoms with Crippen LogP contribution in [-0.4, -0.2) is 30.0 Å². The third-order valence-corrected chi connectivity index (χ3v) is 3.65. The lowest BCUT2D eigenvalue weighted by atomic mass is 9.92. The average molecular weight is 301 g/mol. The molecule has 0 spiro atoms. The summed E-state index contributed by atoms with van der Waals surface area (Å²) in [7, 11) is -2.15. The van der Waals surface area contributed by atoms with E-state index < -0.39 is 10.3 Å². The van der Waals surface area contributed by atoms with E-state index in [0.717, 1.165) is 17.0 Å². The summed E-state index contributed by atoms with van der Waals surface area (Å²) in [5.74, 6) is 0. The van der Waals surface area contributed by atoms with Gasteiger partial charge in [-0.2, -0.15) is 13.2 Å². The summed E-state index contributed by atoms with van der Waals surface area (Å²) in [5.41, 5.74) is 12.2. The molecule has 0 saturated heterocycles. The summed E-state index contributed by atoms with van der Waals surface area (Å²) < 4.78 is 21.1. The summed E-state index contributed by atoms with van der Waals surface area (Å²) in [6.07, 6.45) is 4.06. The standard InChI is InChI=1S/C15H15N3O2S/c16-18-14-8-9-15(17-13-6-2-1-3-7-13)12(11-14)5-4-10-21(19)20/h1-3,6-7,10-11H,4-5,8-9H2. The highest BCUT2D eigenvalue weighted by Crippen LogP contribution is 2.21. The fourth-order valence-corrected chi connectivity index (χ4v) is 2.47. The molecule has 1 aliphatic carbocycles. The van der Waals surface area contributed by atoms with Crippen LogP contribution in [0.3, 0.4) is 0 Å². The van der Waals surface area contributed by atoms with Crippen LogP contribution in [0.5, 0.6) is 0 Å². The van der Waals surface area contributed by atoms with Gasteiger partial charge in [-0.15, -0.1) is 0 Å². The van der Waals surface area contributed by atoms with Gasteiger partial charge in [-0.25, -0.2) is 0 Å². The van der Waals surface area contributed by atoms with E-state index in [1.807, 2.05) is 30.3 Å². The van der Waals surface area contributed by atoms with Gasteiger partial charge in [0.1, 0.15) is 0 Å². The van der Waals surface area contributed by atoms with Crippen molar-refractivity contribution in [3.63, 3.8) is 0 Å². The molecule has 0 aromatic heterocycles. The lowest BCUT2D eigenvalue weighted by Crippen LogP contribution is -2.14. The topological polar surface area (TPSA) is 82.9 Å². The second-order valence-corrected chi connectivity index (χ2v) is 5.48. The normalized spacial score (nSPS) is 16.3. The number of allylic oxidation sites excluding steroid dienone is 2. The molecule has 2 rings (SSSR count). The molecule has 0 aliphatic heterocycles. The van der Waals surface area contributed by atoms with Crippen molar-refractivity contribution in [2.75, 3.05) is 0 Å². The summed E-state index contributed by atoms with van der Waals surface area (Å²) in [5, 5.41) is 1.23. The molecule has 0 heterocycles. The molecule has 1 aromatic rings. The second kappa shape index (κ2) is 7.47. The molecule has 5 nitrogen and oxygen atoms in total. The lowest BCUT2D eigenvalue weighted by molar-refractivity contribution is -0.00630. The highest BCUT2D eigenvalue weighted by molar-refractivity contribution is 7.71. The summed E-state index contributed by atoms with van der Waals surface area (Å²) >= 11 is 0. The zero-order chi connectivity index (χ0) is 15.1. The van der Waals surface area contributed by atoms with Gasteiger partial charge in [0.25, 0.3) is 5.71 Å². The number of aliphatic imine (C=N–C) groups is 1. The van der Waals surface area contributed by atoms with E-state index in [-0.39, 0.29) is 0 Å². The first kappa shape index (κ1) is 15.1. The van der Waals surface area contributed by atoms with E-state index in [2.05, 4.69) is 9.78 Å². The summed E-state index contributed by atoms with van der Waals surface area (Å²) in [4.78, 5) is 7.85. The Morgan fingerprint density at radius 1 is 1.24 bits per heavy atom. The van der Waals surface area contributed by atoms with Gasteiger partial charge >= 0.3 is 0 Å². The molecule has 0 N–H and O–H groups in total. The molecule has 0 atom stereocenters. The van der Waals surface area contributed by atoms with Gasteiger partial charge in [0.2, 0.25) is 10.3 Å². The Bertz CT molecular complexity index is 747. The van der Waals surface area contributed by atoms with Crippen molar-refractivity contribution in [2.24, 2.45) is 4.99 Å². The van der Waals surface area contributed by atoms with E-state index in [0.29, 0.717) is 31.4 Å². The number of benzene rings is 1. The van der Waals surface area contributed by atoms with Crippen molar-refractivity contribution in [3.05, 3.63) is 47.5 Å². The van der Waals surface area contributed by atoms with Crippen LogP contribution in [0.1, 0.15) is 25.7 Å². The van der Waals surface area contributed by atoms with E-state index in [1.54, 1.807) is 6.08 Å². The minimum Gasteiger partial charge on any atom is -0.361 e. The monoisotopic (exact) mass is 301 g/mol. The molecule has 0 unspecified atom stereocenters. The molecule has 6 heteroatoms. The highest BCUT2D eigenvalue weighted by atomic mass is 32.2. The SMILES string of the molecule is [N-]=[N+]=C1C=C(CCC=S(=O)=O)C(=Nc2ccccc2)CC1. The molecule has 0 saturated carbocycles. The molecule has 0 amide bonds. The third-order valence-electron chi connectivity index (χ3n) is 3.15. The summed E-state index contributed by atoms with van der Waals surface area (Å²) in [6.45, 7) is 0. The van der Waals surface area contributed by atoms with Crippen LogP contribution in [0, 0.1) is 0 Å². The van der Waals surface area contributed by atoms with E-state index >= 15 is 0 Å². The highest BCUT2D eigenvalue weighted by Gasteiger charge is 2.19. The molecular formula is C15H15N3O2S. The van der Waals surface area contributed by atoms with Crippen LogP contribution >= 0.6 is 0 Å². The Balaban J connectivity index is 2.28. The molecule has 21 heavy (non-hydrogen) atoms. The van der Waals surface area contributed by atoms with Crippen molar-refractivity contribution >= 4 is 32.8 Å². The number of para-hydroxylation sites is 1. The van der Waals surface area contributed by atoms with Gasteiger partial charge in [-0.3, -0.25) is 4.99 Å². The zero-order valence-electron chi connectivity index (χ0n) is 11.4. The van der Waals surface area contributed by atoms with E-state index in [1.165, 1.54) is 5.37 Å². The molecule has 108 valence electrons. The van der Waals surface area contributed by atoms with Crippen LogP contribution in [0.15, 0.2) is 47.0 Å². The van der Waals surface area contributed by atoms with E-state index in [9.17, 15) is 8.42 Å². The van der Waals surface area contributed by atoms with Crippen LogP contribution in [0.25, 0.3) is 5.53 Å². The van der Waals surface area contributed by atoms with Gasteiger partial charge in [-0.1, -0.05) is 18.2 Å². The minimum atomic E-state index is -2.15. The molecule has 0 fully saturated rings. The Morgan fingerprint density at radius 2 is 2.00 bits per heavy atom. The fraction of sp³-hybridized carbons (Fsp3) is 0.267. The quantitative estimate of drug-likeness (QED) is 0.486. The van der Waals surface area contributed by atoms with Gasteiger partial charge < -0.3 is 5.53 Å². The predicted molar refractivity (Wildman–Crippen MR) is 83.7 cm³/mol. The first-order valence-corrected chi connectivity index (χ1v) is 7.78. The fourth-order valence-electron chi connectivity index (χ4n) is 2.16. The maximum atomic E-state index is 10.6.